The highest BCUT2D eigenvalue weighted by Crippen LogP contribution is 2.32. The number of hydrogen-bond donors (Lipinski definition) is 1. The van der Waals surface area contributed by atoms with Gasteiger partial charge in [0.15, 0.2) is 0 Å². The Morgan fingerprint density at radius 2 is 1.41 bits per heavy atom. The number of benzene rings is 2. The molecule has 0 aliphatic carbocycles. The minimum absolute atomic E-state index is 0.215. The normalized spacial score (nSPS) is 12.5. The van der Waals surface area contributed by atoms with Crippen LogP contribution in [0.25, 0.3) is 0 Å². The molecule has 0 saturated heterocycles. The third-order valence-electron chi connectivity index (χ3n) is 5.14. The van der Waals surface area contributed by atoms with E-state index in [0.29, 0.717) is 24.2 Å². The van der Waals surface area contributed by atoms with E-state index in [0.717, 1.165) is 5.56 Å². The molecule has 0 bridgehead atoms. The maximum Gasteiger partial charge on any atom is 0.276 e. The lowest BCUT2D eigenvalue weighted by Crippen LogP contribution is -2.18. The fourth-order valence-electron chi connectivity index (χ4n) is 3.35. The predicted molar refractivity (Wildman–Crippen MR) is 122 cm³/mol. The minimum Gasteiger partial charge on any atom is -0.200 e. The molecular formula is C24H34N2O2S. The van der Waals surface area contributed by atoms with E-state index in [-0.39, 0.29) is 4.90 Å². The van der Waals surface area contributed by atoms with Crippen molar-refractivity contribution < 1.29 is 8.42 Å². The Bertz CT molecular complexity index is 928. The average molecular weight is 415 g/mol. The first kappa shape index (κ1) is 23.1. The van der Waals surface area contributed by atoms with Crippen LogP contribution < -0.4 is 4.83 Å². The Labute approximate surface area is 176 Å². The van der Waals surface area contributed by atoms with Crippen molar-refractivity contribution in [3.05, 3.63) is 64.2 Å². The molecule has 0 fully saturated rings. The van der Waals surface area contributed by atoms with Crippen LogP contribution in [-0.2, 0) is 16.4 Å². The second-order valence-electron chi connectivity index (χ2n) is 8.57. The summed E-state index contributed by atoms with van der Waals surface area (Å²) in [5, 5.41) is 4.03. The second kappa shape index (κ2) is 9.57. The Balaban J connectivity index is 2.28. The van der Waals surface area contributed by atoms with Crippen molar-refractivity contribution in [1.29, 1.82) is 0 Å². The number of hydrogen-bond acceptors (Lipinski definition) is 3. The molecular weight excluding hydrogens is 380 g/mol. The van der Waals surface area contributed by atoms with Crippen LogP contribution in [0.2, 0.25) is 0 Å². The molecule has 1 N–H and O–H groups in total. The Morgan fingerprint density at radius 3 is 1.86 bits per heavy atom. The highest BCUT2D eigenvalue weighted by Gasteiger charge is 2.17. The van der Waals surface area contributed by atoms with Gasteiger partial charge in [0.1, 0.15) is 0 Å². The SMILES string of the molecule is Cc1ccc(S(=O)(=O)NN=CCc2c(C(C)C)cc(C(C)C)cc2C(C)C)cc1. The summed E-state index contributed by atoms with van der Waals surface area (Å²) in [6, 6.07) is 11.3. The minimum atomic E-state index is -3.65. The predicted octanol–water partition coefficient (Wildman–Crippen LogP) is 5.87. The van der Waals surface area contributed by atoms with Crippen LogP contribution in [-0.4, -0.2) is 14.6 Å². The molecule has 158 valence electrons. The number of nitrogens with zero attached hydrogens (tertiary/aromatic N) is 1. The smallest absolute Gasteiger partial charge is 0.200 e. The van der Waals surface area contributed by atoms with Crippen LogP contribution in [0, 0.1) is 6.92 Å². The van der Waals surface area contributed by atoms with Crippen molar-refractivity contribution in [1.82, 2.24) is 4.83 Å². The van der Waals surface area contributed by atoms with Gasteiger partial charge in [-0.05, 0) is 59.1 Å². The van der Waals surface area contributed by atoms with Gasteiger partial charge in [-0.25, -0.2) is 4.83 Å². The summed E-state index contributed by atoms with van der Waals surface area (Å²) in [6.45, 7) is 15.1. The number of aryl methyl sites for hydroxylation is 1. The summed E-state index contributed by atoms with van der Waals surface area (Å²) in [5.41, 5.74) is 6.23. The van der Waals surface area contributed by atoms with Gasteiger partial charge >= 0.3 is 0 Å². The third kappa shape index (κ3) is 5.92. The van der Waals surface area contributed by atoms with Crippen molar-refractivity contribution >= 4 is 16.2 Å². The summed E-state index contributed by atoms with van der Waals surface area (Å²) in [4.78, 5) is 2.55. The van der Waals surface area contributed by atoms with Crippen molar-refractivity contribution in [3.63, 3.8) is 0 Å². The lowest BCUT2D eigenvalue weighted by Gasteiger charge is -2.22. The first-order chi connectivity index (χ1) is 13.5. The van der Waals surface area contributed by atoms with Gasteiger partial charge in [-0.3, -0.25) is 0 Å². The Kier molecular flexibility index (Phi) is 7.64. The van der Waals surface area contributed by atoms with Crippen LogP contribution in [0.4, 0.5) is 0 Å². The molecule has 0 aliphatic rings. The molecule has 5 heteroatoms. The molecule has 4 nitrogen and oxygen atoms in total. The summed E-state index contributed by atoms with van der Waals surface area (Å²) >= 11 is 0. The quantitative estimate of drug-likeness (QED) is 0.434. The first-order valence-electron chi connectivity index (χ1n) is 10.3. The zero-order valence-electron chi connectivity index (χ0n) is 18.7. The monoisotopic (exact) mass is 414 g/mol. The molecule has 0 unspecified atom stereocenters. The first-order valence-corrected chi connectivity index (χ1v) is 11.8. The van der Waals surface area contributed by atoms with Crippen molar-refractivity contribution in [2.24, 2.45) is 5.10 Å². The molecule has 0 amide bonds. The lowest BCUT2D eigenvalue weighted by molar-refractivity contribution is 0.584. The molecule has 0 spiro atoms. The number of nitrogens with one attached hydrogen (secondary N) is 1. The van der Waals surface area contributed by atoms with E-state index in [2.05, 4.69) is 63.6 Å². The molecule has 0 saturated carbocycles. The second-order valence-corrected chi connectivity index (χ2v) is 10.2. The molecule has 2 aromatic rings. The van der Waals surface area contributed by atoms with Crippen LogP contribution in [0.3, 0.4) is 0 Å². The van der Waals surface area contributed by atoms with Crippen molar-refractivity contribution in [3.8, 4) is 0 Å². The molecule has 2 rings (SSSR count). The summed E-state index contributed by atoms with van der Waals surface area (Å²) in [7, 11) is -3.65. The van der Waals surface area contributed by atoms with Crippen LogP contribution >= 0.6 is 0 Å². The van der Waals surface area contributed by atoms with E-state index in [9.17, 15) is 8.42 Å². The largest absolute Gasteiger partial charge is 0.276 e. The number of rotatable bonds is 8. The van der Waals surface area contributed by atoms with Gasteiger partial charge in [-0.2, -0.15) is 13.5 Å². The highest BCUT2D eigenvalue weighted by molar-refractivity contribution is 7.89. The summed E-state index contributed by atoms with van der Waals surface area (Å²) in [6.07, 6.45) is 2.25. The van der Waals surface area contributed by atoms with E-state index in [1.54, 1.807) is 30.5 Å². The van der Waals surface area contributed by atoms with E-state index in [4.69, 9.17) is 0 Å². The molecule has 0 aromatic heterocycles. The van der Waals surface area contributed by atoms with Gasteiger partial charge in [0.2, 0.25) is 0 Å². The van der Waals surface area contributed by atoms with Gasteiger partial charge in [0.25, 0.3) is 10.0 Å². The van der Waals surface area contributed by atoms with Gasteiger partial charge in [-0.1, -0.05) is 71.4 Å². The molecule has 0 atom stereocenters. The highest BCUT2D eigenvalue weighted by atomic mass is 32.2. The van der Waals surface area contributed by atoms with Crippen molar-refractivity contribution in [2.45, 2.75) is 77.5 Å². The molecule has 29 heavy (non-hydrogen) atoms. The van der Waals surface area contributed by atoms with E-state index in [1.165, 1.54) is 22.3 Å². The third-order valence-corrected chi connectivity index (χ3v) is 6.38. The molecule has 2 aromatic carbocycles. The van der Waals surface area contributed by atoms with Gasteiger partial charge < -0.3 is 0 Å². The Hall–Kier alpha value is -2.14. The molecule has 0 aliphatic heterocycles. The molecule has 0 heterocycles. The van der Waals surface area contributed by atoms with Crippen LogP contribution in [0.5, 0.6) is 0 Å². The average Bonchev–Trinajstić information content (AvgIpc) is 2.64. The Morgan fingerprint density at radius 1 is 0.897 bits per heavy atom. The summed E-state index contributed by atoms with van der Waals surface area (Å²) < 4.78 is 24.8. The van der Waals surface area contributed by atoms with Gasteiger partial charge in [0.05, 0.1) is 4.90 Å². The van der Waals surface area contributed by atoms with Gasteiger partial charge in [0, 0.05) is 12.6 Å². The standard InChI is InChI=1S/C24H34N2O2S/c1-16(2)20-14-23(17(3)4)22(24(15-20)18(5)6)12-13-25-26-29(27,28)21-10-8-19(7)9-11-21/h8-11,13-18,26H,12H2,1-7H3. The zero-order chi connectivity index (χ0) is 21.8. The fourth-order valence-corrected chi connectivity index (χ4v) is 4.17. The van der Waals surface area contributed by atoms with E-state index < -0.39 is 10.0 Å². The van der Waals surface area contributed by atoms with E-state index in [1.807, 2.05) is 6.92 Å². The van der Waals surface area contributed by atoms with Crippen LogP contribution in [0.1, 0.15) is 87.1 Å². The number of sulfonamides is 1. The fraction of sp³-hybridized carbons (Fsp3) is 0.458. The summed E-state index contributed by atoms with van der Waals surface area (Å²) in [5.74, 6) is 1.24. The topological polar surface area (TPSA) is 58.5 Å². The van der Waals surface area contributed by atoms with Gasteiger partial charge in [-0.15, -0.1) is 0 Å². The maximum absolute atomic E-state index is 12.4. The van der Waals surface area contributed by atoms with E-state index >= 15 is 0 Å². The molecule has 0 radical (unpaired) electrons. The maximum atomic E-state index is 12.4. The van der Waals surface area contributed by atoms with Crippen LogP contribution in [0.15, 0.2) is 46.4 Å². The zero-order valence-corrected chi connectivity index (χ0v) is 19.5. The number of hydrazone groups is 1. The van der Waals surface area contributed by atoms with Crippen molar-refractivity contribution in [2.75, 3.05) is 0 Å². The lowest BCUT2D eigenvalue weighted by atomic mass is 9.83.